The molecule has 0 spiro atoms. The summed E-state index contributed by atoms with van der Waals surface area (Å²) in [7, 11) is 0. The first kappa shape index (κ1) is 14.9. The number of anilines is 2. The van der Waals surface area contributed by atoms with Gasteiger partial charge in [0, 0.05) is 11.3 Å². The summed E-state index contributed by atoms with van der Waals surface area (Å²) in [6.07, 6.45) is 1.56. The molecule has 1 N–H and O–H groups in total. The van der Waals surface area contributed by atoms with E-state index in [1.807, 2.05) is 48.5 Å². The Morgan fingerprint density at radius 1 is 0.840 bits per heavy atom. The Morgan fingerprint density at radius 2 is 1.60 bits per heavy atom. The minimum atomic E-state index is 0.411. The fraction of sp³-hybridized carbons (Fsp3) is 0. The van der Waals surface area contributed by atoms with Crippen LogP contribution < -0.4 is 5.32 Å². The lowest BCUT2D eigenvalue weighted by Crippen LogP contribution is -2.00. The summed E-state index contributed by atoms with van der Waals surface area (Å²) < 4.78 is 0. The number of hydrogen-bond acceptors (Lipinski definition) is 4. The van der Waals surface area contributed by atoms with Gasteiger partial charge < -0.3 is 5.32 Å². The van der Waals surface area contributed by atoms with Gasteiger partial charge in [-0.05, 0) is 29.0 Å². The maximum atomic E-state index is 9.33. The van der Waals surface area contributed by atoms with Gasteiger partial charge in [-0.2, -0.15) is 5.26 Å². The number of para-hydroxylation sites is 1. The zero-order chi connectivity index (χ0) is 17.1. The molecule has 0 fully saturated rings. The zero-order valence-corrected chi connectivity index (χ0v) is 13.3. The van der Waals surface area contributed by atoms with Crippen LogP contribution >= 0.6 is 0 Å². The number of nitriles is 1. The molecule has 0 saturated carbocycles. The Hall–Kier alpha value is -3.71. The SMILES string of the molecule is N#Cc1cnc(-c2ccc3ccccc3c2)nc1Nc1ccccc1. The van der Waals surface area contributed by atoms with E-state index in [4.69, 9.17) is 0 Å². The predicted molar refractivity (Wildman–Crippen MR) is 99.4 cm³/mol. The monoisotopic (exact) mass is 322 g/mol. The lowest BCUT2D eigenvalue weighted by atomic mass is 10.1. The highest BCUT2D eigenvalue weighted by atomic mass is 15.0. The van der Waals surface area contributed by atoms with E-state index >= 15 is 0 Å². The van der Waals surface area contributed by atoms with Crippen LogP contribution in [0.2, 0.25) is 0 Å². The number of rotatable bonds is 3. The first-order chi connectivity index (χ1) is 12.3. The quantitative estimate of drug-likeness (QED) is 0.582. The largest absolute Gasteiger partial charge is 0.339 e. The highest BCUT2D eigenvalue weighted by molar-refractivity contribution is 5.86. The van der Waals surface area contributed by atoms with Gasteiger partial charge in [0.25, 0.3) is 0 Å². The number of nitrogens with zero attached hydrogens (tertiary/aromatic N) is 3. The molecule has 1 aromatic heterocycles. The maximum Gasteiger partial charge on any atom is 0.161 e. The van der Waals surface area contributed by atoms with Gasteiger partial charge >= 0.3 is 0 Å². The Balaban J connectivity index is 1.77. The van der Waals surface area contributed by atoms with Crippen molar-refractivity contribution in [2.75, 3.05) is 5.32 Å². The highest BCUT2D eigenvalue weighted by Gasteiger charge is 2.09. The lowest BCUT2D eigenvalue weighted by molar-refractivity contribution is 1.16. The Morgan fingerprint density at radius 3 is 2.40 bits per heavy atom. The molecule has 4 aromatic rings. The molecular formula is C21H14N4. The summed E-state index contributed by atoms with van der Waals surface area (Å²) in [5.74, 6) is 1.09. The van der Waals surface area contributed by atoms with E-state index in [-0.39, 0.29) is 0 Å². The van der Waals surface area contributed by atoms with Crippen LogP contribution in [-0.2, 0) is 0 Å². The molecule has 0 aliphatic carbocycles. The lowest BCUT2D eigenvalue weighted by Gasteiger charge is -2.09. The Bertz CT molecular complexity index is 1080. The van der Waals surface area contributed by atoms with Crippen LogP contribution in [0, 0.1) is 11.3 Å². The minimum absolute atomic E-state index is 0.411. The van der Waals surface area contributed by atoms with Crippen molar-refractivity contribution in [2.45, 2.75) is 0 Å². The van der Waals surface area contributed by atoms with Crippen molar-refractivity contribution in [3.05, 3.63) is 84.6 Å². The van der Waals surface area contributed by atoms with Gasteiger partial charge in [0.15, 0.2) is 11.6 Å². The van der Waals surface area contributed by atoms with Gasteiger partial charge in [0.1, 0.15) is 11.6 Å². The van der Waals surface area contributed by atoms with E-state index in [9.17, 15) is 5.26 Å². The van der Waals surface area contributed by atoms with Crippen molar-refractivity contribution in [1.82, 2.24) is 9.97 Å². The normalized spacial score (nSPS) is 10.4. The molecule has 25 heavy (non-hydrogen) atoms. The van der Waals surface area contributed by atoms with Gasteiger partial charge in [-0.1, -0.05) is 54.6 Å². The first-order valence-corrected chi connectivity index (χ1v) is 7.92. The molecule has 4 nitrogen and oxygen atoms in total. The van der Waals surface area contributed by atoms with Crippen LogP contribution in [0.1, 0.15) is 5.56 Å². The molecule has 0 aliphatic heterocycles. The average Bonchev–Trinajstić information content (AvgIpc) is 2.68. The molecule has 3 aromatic carbocycles. The van der Waals surface area contributed by atoms with Gasteiger partial charge in [-0.15, -0.1) is 0 Å². The third-order valence-corrected chi connectivity index (χ3v) is 3.95. The van der Waals surface area contributed by atoms with Crippen molar-refractivity contribution >= 4 is 22.3 Å². The average molecular weight is 322 g/mol. The molecule has 1 heterocycles. The van der Waals surface area contributed by atoms with Gasteiger partial charge in [-0.25, -0.2) is 9.97 Å². The fourth-order valence-corrected chi connectivity index (χ4v) is 2.68. The van der Waals surface area contributed by atoms with Crippen LogP contribution in [0.25, 0.3) is 22.2 Å². The van der Waals surface area contributed by atoms with Crippen molar-refractivity contribution in [3.63, 3.8) is 0 Å². The molecule has 0 bridgehead atoms. The topological polar surface area (TPSA) is 61.6 Å². The number of aromatic nitrogens is 2. The van der Waals surface area contributed by atoms with Gasteiger partial charge in [-0.3, -0.25) is 0 Å². The second kappa shape index (κ2) is 6.42. The molecular weight excluding hydrogens is 308 g/mol. The molecule has 4 heteroatoms. The third-order valence-electron chi connectivity index (χ3n) is 3.95. The van der Waals surface area contributed by atoms with E-state index in [1.54, 1.807) is 6.20 Å². The number of fused-ring (bicyclic) bond motifs is 1. The fourth-order valence-electron chi connectivity index (χ4n) is 2.68. The summed E-state index contributed by atoms with van der Waals surface area (Å²) in [5, 5.41) is 14.8. The standard InChI is InChI=1S/C21H14N4/c22-13-18-14-23-20(25-21(18)24-19-8-2-1-3-9-19)17-11-10-15-6-4-5-7-16(15)12-17/h1-12,14H,(H,23,24,25). The van der Waals surface area contributed by atoms with E-state index in [0.29, 0.717) is 17.2 Å². The minimum Gasteiger partial charge on any atom is -0.339 e. The molecule has 4 rings (SSSR count). The molecule has 0 unspecified atom stereocenters. The summed E-state index contributed by atoms with van der Waals surface area (Å²) >= 11 is 0. The van der Waals surface area contributed by atoms with Crippen LogP contribution in [0.5, 0.6) is 0 Å². The number of benzene rings is 3. The van der Waals surface area contributed by atoms with Crippen LogP contribution in [0.15, 0.2) is 79.0 Å². The second-order valence-electron chi connectivity index (χ2n) is 5.62. The molecule has 0 atom stereocenters. The number of hydrogen-bond donors (Lipinski definition) is 1. The molecule has 0 saturated heterocycles. The summed E-state index contributed by atoms with van der Waals surface area (Å²) in [6.45, 7) is 0. The van der Waals surface area contributed by atoms with E-state index in [2.05, 4.69) is 45.6 Å². The van der Waals surface area contributed by atoms with Gasteiger partial charge in [0.05, 0.1) is 6.20 Å². The third kappa shape index (κ3) is 3.04. The van der Waals surface area contributed by atoms with Crippen molar-refractivity contribution < 1.29 is 0 Å². The molecule has 0 radical (unpaired) electrons. The van der Waals surface area contributed by atoms with Crippen LogP contribution in [-0.4, -0.2) is 9.97 Å². The second-order valence-corrected chi connectivity index (χ2v) is 5.62. The van der Waals surface area contributed by atoms with E-state index in [1.165, 1.54) is 5.39 Å². The van der Waals surface area contributed by atoms with Crippen LogP contribution in [0.4, 0.5) is 11.5 Å². The Kier molecular flexibility index (Phi) is 3.82. The smallest absolute Gasteiger partial charge is 0.161 e. The summed E-state index contributed by atoms with van der Waals surface area (Å²) in [6, 6.07) is 26.1. The van der Waals surface area contributed by atoms with Crippen molar-refractivity contribution in [2.24, 2.45) is 0 Å². The molecule has 0 amide bonds. The van der Waals surface area contributed by atoms with E-state index in [0.717, 1.165) is 16.6 Å². The summed E-state index contributed by atoms with van der Waals surface area (Å²) in [5.41, 5.74) is 2.20. The first-order valence-electron chi connectivity index (χ1n) is 7.92. The molecule has 118 valence electrons. The predicted octanol–water partition coefficient (Wildman–Crippen LogP) is 4.91. The van der Waals surface area contributed by atoms with Crippen molar-refractivity contribution in [1.29, 1.82) is 5.26 Å². The van der Waals surface area contributed by atoms with Gasteiger partial charge in [0.2, 0.25) is 0 Å². The molecule has 0 aliphatic rings. The number of nitrogens with one attached hydrogen (secondary N) is 1. The van der Waals surface area contributed by atoms with Crippen molar-refractivity contribution in [3.8, 4) is 17.5 Å². The zero-order valence-electron chi connectivity index (χ0n) is 13.3. The maximum absolute atomic E-state index is 9.33. The van der Waals surface area contributed by atoms with Crippen LogP contribution in [0.3, 0.4) is 0 Å². The highest BCUT2D eigenvalue weighted by Crippen LogP contribution is 2.25. The van der Waals surface area contributed by atoms with E-state index < -0.39 is 0 Å². The summed E-state index contributed by atoms with van der Waals surface area (Å²) in [4.78, 5) is 8.93. The Labute approximate surface area is 145 Å².